The minimum Gasteiger partial charge on any atom is -0.478 e. The Labute approximate surface area is 242 Å². The number of nitrogens with zero attached hydrogens (tertiary/aromatic N) is 3. The van der Waals surface area contributed by atoms with Crippen LogP contribution < -0.4 is 4.74 Å². The third-order valence-electron chi connectivity index (χ3n) is 8.42. The Bertz CT molecular complexity index is 1650. The third-order valence-corrected chi connectivity index (χ3v) is 8.42. The molecule has 2 aliphatic carbocycles. The van der Waals surface area contributed by atoms with Crippen molar-refractivity contribution in [2.45, 2.75) is 68.6 Å². The first-order valence-electron chi connectivity index (χ1n) is 13.9. The van der Waals surface area contributed by atoms with E-state index in [4.69, 9.17) is 18.5 Å². The standard InChI is InChI=1S/C30H26F3N3O7/c31-30(32,33)41-22-7-2-1-6-20(22)23-21(24(42-35-23)17-8-9-17)15-39-28-10-12-29(13-11-28,40-16-28)27-34-25(36-43-27)18-4-3-5-19(14-18)26(37)38/h1-7,14,17H,8-13,15-16H2,(H,37,38). The molecular formula is C30H26F3N3O7. The molecule has 0 radical (unpaired) electrons. The molecule has 2 bridgehead atoms. The average Bonchev–Trinajstić information content (AvgIpc) is 3.55. The molecule has 0 amide bonds. The van der Waals surface area contributed by atoms with Crippen molar-refractivity contribution >= 4 is 5.97 Å². The second kappa shape index (κ2) is 10.2. The van der Waals surface area contributed by atoms with Crippen molar-refractivity contribution in [1.29, 1.82) is 0 Å². The van der Waals surface area contributed by atoms with Crippen molar-refractivity contribution in [3.05, 3.63) is 71.3 Å². The molecule has 0 atom stereocenters. The summed E-state index contributed by atoms with van der Waals surface area (Å²) in [5, 5.41) is 17.5. The molecule has 4 aliphatic rings. The number of alkyl halides is 3. The van der Waals surface area contributed by atoms with Gasteiger partial charge in [-0.15, -0.1) is 13.2 Å². The van der Waals surface area contributed by atoms with Crippen LogP contribution in [0.3, 0.4) is 0 Å². The van der Waals surface area contributed by atoms with E-state index < -0.39 is 23.5 Å². The van der Waals surface area contributed by atoms with E-state index in [1.165, 1.54) is 30.3 Å². The zero-order valence-electron chi connectivity index (χ0n) is 22.7. The van der Waals surface area contributed by atoms with Crippen LogP contribution in [0.25, 0.3) is 22.6 Å². The van der Waals surface area contributed by atoms with Gasteiger partial charge in [0.1, 0.15) is 22.8 Å². The van der Waals surface area contributed by atoms with Gasteiger partial charge in [-0.1, -0.05) is 34.6 Å². The van der Waals surface area contributed by atoms with E-state index in [0.29, 0.717) is 48.5 Å². The maximum absolute atomic E-state index is 13.1. The molecule has 4 fully saturated rings. The molecule has 0 unspecified atom stereocenters. The lowest BCUT2D eigenvalue weighted by Gasteiger charge is -2.50. The van der Waals surface area contributed by atoms with Crippen molar-refractivity contribution in [2.75, 3.05) is 6.61 Å². The van der Waals surface area contributed by atoms with Crippen LogP contribution in [0.4, 0.5) is 13.2 Å². The molecule has 2 aromatic carbocycles. The van der Waals surface area contributed by atoms with Crippen molar-refractivity contribution in [3.8, 4) is 28.4 Å². The molecule has 1 N–H and O–H groups in total. The molecule has 0 spiro atoms. The van der Waals surface area contributed by atoms with Crippen LogP contribution in [0.15, 0.2) is 57.6 Å². The third kappa shape index (κ3) is 5.27. The van der Waals surface area contributed by atoms with Gasteiger partial charge in [0.25, 0.3) is 5.89 Å². The van der Waals surface area contributed by atoms with Gasteiger partial charge in [-0.25, -0.2) is 4.79 Å². The minimum atomic E-state index is -4.86. The van der Waals surface area contributed by atoms with Crippen LogP contribution in [0.2, 0.25) is 0 Å². The number of rotatable bonds is 9. The number of carbonyl (C=O) groups is 1. The highest BCUT2D eigenvalue weighted by Crippen LogP contribution is 2.52. The van der Waals surface area contributed by atoms with E-state index in [1.54, 1.807) is 18.2 Å². The summed E-state index contributed by atoms with van der Waals surface area (Å²) in [5.41, 5.74) is 0.304. The van der Waals surface area contributed by atoms with E-state index in [2.05, 4.69) is 20.0 Å². The van der Waals surface area contributed by atoms with Crippen LogP contribution in [-0.2, 0) is 21.7 Å². The molecule has 10 nitrogen and oxygen atoms in total. The fourth-order valence-electron chi connectivity index (χ4n) is 5.89. The summed E-state index contributed by atoms with van der Waals surface area (Å²) in [6, 6.07) is 12.2. The van der Waals surface area contributed by atoms with Gasteiger partial charge in [0, 0.05) is 22.6 Å². The summed E-state index contributed by atoms with van der Waals surface area (Å²) in [6.45, 7) is 0.346. The van der Waals surface area contributed by atoms with Crippen molar-refractivity contribution in [3.63, 3.8) is 0 Å². The molecule has 224 valence electrons. The zero-order valence-corrected chi connectivity index (χ0v) is 22.7. The highest BCUT2D eigenvalue weighted by molar-refractivity contribution is 5.89. The minimum absolute atomic E-state index is 0.0893. The molecule has 2 saturated carbocycles. The van der Waals surface area contributed by atoms with Crippen LogP contribution in [0, 0.1) is 0 Å². The van der Waals surface area contributed by atoms with Gasteiger partial charge in [0.15, 0.2) is 0 Å². The monoisotopic (exact) mass is 597 g/mol. The number of hydrogen-bond acceptors (Lipinski definition) is 9. The predicted molar refractivity (Wildman–Crippen MR) is 141 cm³/mol. The first kappa shape index (κ1) is 27.6. The highest BCUT2D eigenvalue weighted by atomic mass is 19.4. The van der Waals surface area contributed by atoms with E-state index in [1.807, 2.05) is 0 Å². The number of carboxylic acids is 1. The molecule has 2 aromatic heterocycles. The lowest BCUT2D eigenvalue weighted by atomic mass is 9.73. The number of aromatic carboxylic acids is 1. The van der Waals surface area contributed by atoms with Crippen LogP contribution >= 0.6 is 0 Å². The topological polar surface area (TPSA) is 130 Å². The largest absolute Gasteiger partial charge is 0.573 e. The Morgan fingerprint density at radius 3 is 2.51 bits per heavy atom. The van der Waals surface area contributed by atoms with Gasteiger partial charge in [-0.05, 0) is 62.8 Å². The van der Waals surface area contributed by atoms with Gasteiger partial charge >= 0.3 is 12.3 Å². The summed E-state index contributed by atoms with van der Waals surface area (Å²) < 4.78 is 67.7. The van der Waals surface area contributed by atoms with E-state index in [0.717, 1.165) is 12.8 Å². The number of benzene rings is 2. The molecule has 13 heteroatoms. The summed E-state index contributed by atoms with van der Waals surface area (Å²) in [4.78, 5) is 15.9. The van der Waals surface area contributed by atoms with Crippen LogP contribution in [-0.4, -0.2) is 44.9 Å². The average molecular weight is 598 g/mol. The van der Waals surface area contributed by atoms with Crippen LogP contribution in [0.1, 0.15) is 72.0 Å². The van der Waals surface area contributed by atoms with Crippen LogP contribution in [0.5, 0.6) is 5.75 Å². The normalized spacial score (nSPS) is 23.4. The molecule has 8 rings (SSSR count). The molecule has 43 heavy (non-hydrogen) atoms. The Hall–Kier alpha value is -4.23. The fraction of sp³-hybridized carbons (Fsp3) is 0.400. The zero-order chi connectivity index (χ0) is 29.8. The van der Waals surface area contributed by atoms with Gasteiger partial charge < -0.3 is 28.4 Å². The highest BCUT2D eigenvalue weighted by Gasteiger charge is 2.54. The molecule has 4 heterocycles. The molecule has 2 aliphatic heterocycles. The maximum Gasteiger partial charge on any atom is 0.573 e. The number of halogens is 3. The molecule has 2 saturated heterocycles. The first-order chi connectivity index (χ1) is 20.6. The lowest BCUT2D eigenvalue weighted by molar-refractivity contribution is -0.274. The number of hydrogen-bond donors (Lipinski definition) is 1. The summed E-state index contributed by atoms with van der Waals surface area (Å²) in [6.07, 6.45) is -0.670. The van der Waals surface area contributed by atoms with E-state index >= 15 is 0 Å². The quantitative estimate of drug-likeness (QED) is 0.225. The first-order valence-corrected chi connectivity index (χ1v) is 13.9. The number of carboxylic acid groups (broad SMARTS) is 1. The number of ether oxygens (including phenoxy) is 3. The second-order valence-corrected chi connectivity index (χ2v) is 11.3. The number of para-hydroxylation sites is 1. The van der Waals surface area contributed by atoms with Gasteiger partial charge in [0.2, 0.25) is 5.82 Å². The van der Waals surface area contributed by atoms with Crippen molar-refractivity contribution in [1.82, 2.24) is 15.3 Å². The second-order valence-electron chi connectivity index (χ2n) is 11.3. The summed E-state index contributed by atoms with van der Waals surface area (Å²) in [7, 11) is 0. The van der Waals surface area contributed by atoms with Crippen molar-refractivity contribution in [2.24, 2.45) is 0 Å². The summed E-state index contributed by atoms with van der Waals surface area (Å²) in [5.74, 6) is -0.0304. The summed E-state index contributed by atoms with van der Waals surface area (Å²) >= 11 is 0. The van der Waals surface area contributed by atoms with Gasteiger partial charge in [0.05, 0.1) is 24.4 Å². The Morgan fingerprint density at radius 1 is 1.02 bits per heavy atom. The smallest absolute Gasteiger partial charge is 0.478 e. The lowest BCUT2D eigenvalue weighted by Crippen LogP contribution is -2.54. The Morgan fingerprint density at radius 2 is 1.81 bits per heavy atom. The molecule has 4 aromatic rings. The van der Waals surface area contributed by atoms with E-state index in [9.17, 15) is 23.1 Å². The predicted octanol–water partition coefficient (Wildman–Crippen LogP) is 6.62. The van der Waals surface area contributed by atoms with E-state index in [-0.39, 0.29) is 47.5 Å². The Balaban J connectivity index is 1.08. The SMILES string of the molecule is O=C(O)c1cccc(-c2noc(C34CCC(OCc5c(-c6ccccc6OC(F)(F)F)noc5C5CC5)(CC3)CO4)n2)c1. The van der Waals surface area contributed by atoms with Gasteiger partial charge in [-0.3, -0.25) is 0 Å². The number of aromatic nitrogens is 3. The fourth-order valence-corrected chi connectivity index (χ4v) is 5.89. The van der Waals surface area contributed by atoms with Crippen molar-refractivity contribution < 1.29 is 46.3 Å². The molecular weight excluding hydrogens is 571 g/mol. The number of fused-ring (bicyclic) bond motifs is 3. The van der Waals surface area contributed by atoms with Gasteiger partial charge in [-0.2, -0.15) is 4.98 Å². The Kier molecular flexibility index (Phi) is 6.54. The maximum atomic E-state index is 13.1.